The fourth-order valence-corrected chi connectivity index (χ4v) is 6.55. The Hall–Kier alpha value is -2.18. The summed E-state index contributed by atoms with van der Waals surface area (Å²) in [5.74, 6) is -0.509. The Kier molecular flexibility index (Phi) is 39.3. The maximum absolute atomic E-state index is 13.1. The summed E-state index contributed by atoms with van der Waals surface area (Å²) in [6.07, 6.45) is 47.5. The zero-order chi connectivity index (χ0) is 38.9. The Morgan fingerprint density at radius 3 is 1.68 bits per heavy atom. The van der Waals surface area contributed by atoms with E-state index >= 15 is 0 Å². The van der Waals surface area contributed by atoms with Crippen LogP contribution in [0.2, 0.25) is 0 Å². The number of carbonyl (C=O) groups is 2. The number of aliphatic hydroxyl groups is 2. The number of ether oxygens (including phenoxy) is 1. The van der Waals surface area contributed by atoms with Crippen LogP contribution in [0.15, 0.2) is 48.6 Å². The van der Waals surface area contributed by atoms with Gasteiger partial charge in [0.25, 0.3) is 0 Å². The van der Waals surface area contributed by atoms with Crippen molar-refractivity contribution in [2.75, 3.05) is 6.61 Å². The van der Waals surface area contributed by atoms with E-state index in [0.717, 1.165) is 89.9 Å². The molecular formula is C47H85NO5. The summed E-state index contributed by atoms with van der Waals surface area (Å²) >= 11 is 0. The van der Waals surface area contributed by atoms with Gasteiger partial charge in [-0.3, -0.25) is 9.59 Å². The van der Waals surface area contributed by atoms with E-state index in [1.54, 1.807) is 0 Å². The maximum Gasteiger partial charge on any atom is 0.306 e. The third-order valence-electron chi connectivity index (χ3n) is 9.93. The number of esters is 1. The molecule has 6 heteroatoms. The first kappa shape index (κ1) is 50.8. The van der Waals surface area contributed by atoms with Crippen LogP contribution in [0, 0.1) is 0 Å². The first-order valence-corrected chi connectivity index (χ1v) is 22.4. The number of amides is 1. The zero-order valence-corrected chi connectivity index (χ0v) is 34.9. The molecule has 308 valence electrons. The van der Waals surface area contributed by atoms with Gasteiger partial charge in [-0.25, -0.2) is 0 Å². The van der Waals surface area contributed by atoms with Crippen LogP contribution in [-0.2, 0) is 14.3 Å². The molecule has 0 rings (SSSR count). The van der Waals surface area contributed by atoms with Gasteiger partial charge >= 0.3 is 5.97 Å². The second-order valence-corrected chi connectivity index (χ2v) is 15.1. The lowest BCUT2D eigenvalue weighted by Gasteiger charge is -2.24. The van der Waals surface area contributed by atoms with E-state index in [1.165, 1.54) is 77.0 Å². The average molecular weight is 744 g/mol. The molecule has 6 nitrogen and oxygen atoms in total. The van der Waals surface area contributed by atoms with Crippen molar-refractivity contribution < 1.29 is 24.5 Å². The van der Waals surface area contributed by atoms with E-state index < -0.39 is 18.2 Å². The van der Waals surface area contributed by atoms with E-state index in [0.29, 0.717) is 19.3 Å². The summed E-state index contributed by atoms with van der Waals surface area (Å²) in [5, 5.41) is 23.6. The highest BCUT2D eigenvalue weighted by atomic mass is 16.5. The third kappa shape index (κ3) is 36.6. The van der Waals surface area contributed by atoms with Gasteiger partial charge in [0.2, 0.25) is 5.91 Å². The van der Waals surface area contributed by atoms with Crippen molar-refractivity contribution in [3.63, 3.8) is 0 Å². The van der Waals surface area contributed by atoms with Gasteiger partial charge < -0.3 is 20.3 Å². The average Bonchev–Trinajstić information content (AvgIpc) is 3.15. The Morgan fingerprint density at radius 1 is 0.566 bits per heavy atom. The van der Waals surface area contributed by atoms with Crippen molar-refractivity contribution in [3.05, 3.63) is 48.6 Å². The number of carbonyl (C=O) groups excluding carboxylic acids is 2. The first-order chi connectivity index (χ1) is 26.0. The fraction of sp³-hybridized carbons (Fsp3) is 0.787. The van der Waals surface area contributed by atoms with Crippen molar-refractivity contribution in [1.82, 2.24) is 5.32 Å². The van der Waals surface area contributed by atoms with Crippen LogP contribution in [0.5, 0.6) is 0 Å². The topological polar surface area (TPSA) is 95.9 Å². The first-order valence-electron chi connectivity index (χ1n) is 22.4. The molecule has 0 aliphatic rings. The van der Waals surface area contributed by atoms with E-state index in [-0.39, 0.29) is 24.9 Å². The Bertz CT molecular complexity index is 926. The molecule has 0 heterocycles. The molecule has 0 aromatic carbocycles. The summed E-state index contributed by atoms with van der Waals surface area (Å²) in [6, 6.07) is -0.705. The number of hydrogen-bond donors (Lipinski definition) is 3. The molecule has 0 aliphatic carbocycles. The SMILES string of the molecule is CC/C=C/C=C/C=C/CCCCCCCCCC(=O)OC(CCCCC/C=C\CCC)CC(=O)NC(CO)C(O)CCCCCCCCCCCCC. The summed E-state index contributed by atoms with van der Waals surface area (Å²) in [5.41, 5.74) is 0. The lowest BCUT2D eigenvalue weighted by molar-refractivity contribution is -0.151. The molecule has 0 radical (unpaired) electrons. The van der Waals surface area contributed by atoms with E-state index in [9.17, 15) is 19.8 Å². The largest absolute Gasteiger partial charge is 0.462 e. The molecular weight excluding hydrogens is 659 g/mol. The quantitative estimate of drug-likeness (QED) is 0.0252. The molecule has 0 bridgehead atoms. The maximum atomic E-state index is 13.1. The number of hydrogen-bond acceptors (Lipinski definition) is 5. The fourth-order valence-electron chi connectivity index (χ4n) is 6.55. The Labute approximate surface area is 327 Å². The van der Waals surface area contributed by atoms with E-state index in [4.69, 9.17) is 4.74 Å². The van der Waals surface area contributed by atoms with Crippen LogP contribution in [0.1, 0.15) is 213 Å². The van der Waals surface area contributed by atoms with Crippen LogP contribution in [-0.4, -0.2) is 46.9 Å². The highest BCUT2D eigenvalue weighted by molar-refractivity contribution is 5.77. The summed E-state index contributed by atoms with van der Waals surface area (Å²) < 4.78 is 5.87. The standard InChI is InChI=1S/C47H85NO5/c1-4-7-10-13-16-19-21-22-23-24-26-28-31-34-37-40-47(52)53-43(38-35-32-29-18-15-12-9-6-3)41-46(51)48-44(42-49)45(50)39-36-33-30-27-25-20-17-14-11-8-5-2/h7,10,12-13,15-16,19,21,43-45,49-50H,4-6,8-9,11,14,17-18,20,22-42H2,1-3H3,(H,48,51)/b10-7+,15-12-,16-13+,21-19+. The van der Waals surface area contributed by atoms with E-state index in [1.807, 2.05) is 0 Å². The van der Waals surface area contributed by atoms with Crippen LogP contribution < -0.4 is 5.32 Å². The van der Waals surface area contributed by atoms with Gasteiger partial charge in [-0.2, -0.15) is 0 Å². The second kappa shape index (κ2) is 41.0. The summed E-state index contributed by atoms with van der Waals surface area (Å²) in [4.78, 5) is 25.9. The van der Waals surface area contributed by atoms with Gasteiger partial charge in [0.05, 0.1) is 25.2 Å². The van der Waals surface area contributed by atoms with Gasteiger partial charge in [-0.05, 0) is 64.2 Å². The smallest absolute Gasteiger partial charge is 0.306 e. The molecule has 53 heavy (non-hydrogen) atoms. The van der Waals surface area contributed by atoms with Gasteiger partial charge in [0.15, 0.2) is 0 Å². The molecule has 0 aromatic heterocycles. The summed E-state index contributed by atoms with van der Waals surface area (Å²) in [7, 11) is 0. The second-order valence-electron chi connectivity index (χ2n) is 15.1. The summed E-state index contributed by atoms with van der Waals surface area (Å²) in [6.45, 7) is 6.25. The molecule has 0 aromatic rings. The van der Waals surface area contributed by atoms with E-state index in [2.05, 4.69) is 74.7 Å². The number of unbranched alkanes of at least 4 members (excludes halogenated alkanes) is 21. The molecule has 0 aliphatic heterocycles. The van der Waals surface area contributed by atoms with Crippen LogP contribution >= 0.6 is 0 Å². The molecule has 0 saturated heterocycles. The van der Waals surface area contributed by atoms with Gasteiger partial charge in [-0.15, -0.1) is 0 Å². The molecule has 3 N–H and O–H groups in total. The number of nitrogens with one attached hydrogen (secondary N) is 1. The van der Waals surface area contributed by atoms with Crippen molar-refractivity contribution in [3.8, 4) is 0 Å². The van der Waals surface area contributed by atoms with Crippen molar-refractivity contribution in [2.24, 2.45) is 0 Å². The number of rotatable bonds is 39. The molecule has 0 saturated carbocycles. The molecule has 0 fully saturated rings. The van der Waals surface area contributed by atoms with Gasteiger partial charge in [0, 0.05) is 6.42 Å². The molecule has 1 amide bonds. The predicted octanol–water partition coefficient (Wildman–Crippen LogP) is 12.7. The Morgan fingerprint density at radius 2 is 1.08 bits per heavy atom. The van der Waals surface area contributed by atoms with Crippen LogP contribution in [0.4, 0.5) is 0 Å². The molecule has 0 spiro atoms. The minimum absolute atomic E-state index is 0.0607. The van der Waals surface area contributed by atoms with Crippen LogP contribution in [0.25, 0.3) is 0 Å². The minimum Gasteiger partial charge on any atom is -0.462 e. The number of aliphatic hydroxyl groups excluding tert-OH is 2. The lowest BCUT2D eigenvalue weighted by atomic mass is 10.0. The van der Waals surface area contributed by atoms with Gasteiger partial charge in [0.1, 0.15) is 6.10 Å². The van der Waals surface area contributed by atoms with Crippen molar-refractivity contribution in [2.45, 2.75) is 232 Å². The highest BCUT2D eigenvalue weighted by Gasteiger charge is 2.24. The van der Waals surface area contributed by atoms with Gasteiger partial charge in [-0.1, -0.05) is 185 Å². The Balaban J connectivity index is 4.51. The lowest BCUT2D eigenvalue weighted by Crippen LogP contribution is -2.46. The normalized spacial score (nSPS) is 13.8. The van der Waals surface area contributed by atoms with Crippen molar-refractivity contribution >= 4 is 11.9 Å². The van der Waals surface area contributed by atoms with Crippen LogP contribution in [0.3, 0.4) is 0 Å². The number of allylic oxidation sites excluding steroid dienone is 8. The minimum atomic E-state index is -0.790. The predicted molar refractivity (Wildman–Crippen MR) is 227 cm³/mol. The molecule has 3 atom stereocenters. The monoisotopic (exact) mass is 744 g/mol. The zero-order valence-electron chi connectivity index (χ0n) is 34.9. The third-order valence-corrected chi connectivity index (χ3v) is 9.93. The molecule has 3 unspecified atom stereocenters. The highest BCUT2D eigenvalue weighted by Crippen LogP contribution is 2.17. The van der Waals surface area contributed by atoms with Crippen molar-refractivity contribution in [1.29, 1.82) is 0 Å².